The smallest absolute Gasteiger partial charge is 0.280 e. The molecule has 0 bridgehead atoms. The molecule has 0 radical (unpaired) electrons. The molecule has 0 amide bonds. The van der Waals surface area contributed by atoms with E-state index in [4.69, 9.17) is 15.6 Å². The van der Waals surface area contributed by atoms with Gasteiger partial charge in [-0.1, -0.05) is 0 Å². The number of nitrogens with two attached hydrogens (primary N) is 1. The quantitative estimate of drug-likeness (QED) is 0.496. The molecule has 2 aromatic heterocycles. The van der Waals surface area contributed by atoms with Gasteiger partial charge >= 0.3 is 0 Å². The third kappa shape index (κ3) is 2.17. The van der Waals surface area contributed by atoms with Crippen molar-refractivity contribution in [2.75, 3.05) is 12.3 Å². The van der Waals surface area contributed by atoms with Gasteiger partial charge in [0, 0.05) is 6.42 Å². The third-order valence-corrected chi connectivity index (χ3v) is 3.60. The summed E-state index contributed by atoms with van der Waals surface area (Å²) in [5, 5.41) is 19.0. The van der Waals surface area contributed by atoms with E-state index in [0.29, 0.717) is 0 Å². The second-order valence-electron chi connectivity index (χ2n) is 5.11. The van der Waals surface area contributed by atoms with Gasteiger partial charge < -0.3 is 20.7 Å². The fraction of sp³-hybridized carbons (Fsp3) is 0.500. The van der Waals surface area contributed by atoms with Gasteiger partial charge in [0.1, 0.15) is 18.0 Å². The highest BCUT2D eigenvalue weighted by molar-refractivity contribution is 5.70. The van der Waals surface area contributed by atoms with Gasteiger partial charge in [0.2, 0.25) is 5.95 Å². The summed E-state index contributed by atoms with van der Waals surface area (Å²) in [5.41, 5.74) is 4.48. The molecule has 1 aliphatic heterocycles. The van der Waals surface area contributed by atoms with E-state index >= 15 is 0 Å². The summed E-state index contributed by atoms with van der Waals surface area (Å²) in [4.78, 5) is 34.5. The molecular formula is C12H15N5O5. The topological polar surface area (TPSA) is 156 Å². The first-order valence-electron chi connectivity index (χ1n) is 6.65. The number of nitrogens with one attached hydrogen (secondary N) is 1. The first-order chi connectivity index (χ1) is 10.4. The Balaban J connectivity index is 2.27. The second kappa shape index (κ2) is 5.16. The third-order valence-electron chi connectivity index (χ3n) is 3.60. The Labute approximate surface area is 123 Å². The van der Waals surface area contributed by atoms with Crippen LogP contribution in [-0.2, 0) is 4.74 Å². The van der Waals surface area contributed by atoms with Crippen LogP contribution in [0.4, 0.5) is 5.95 Å². The number of hydrogen-bond donors (Lipinski definition) is 4. The number of H-pyrrole nitrogens is 1. The van der Waals surface area contributed by atoms with Crippen molar-refractivity contribution in [3.63, 3.8) is 0 Å². The van der Waals surface area contributed by atoms with E-state index in [9.17, 15) is 14.7 Å². The molecule has 10 nitrogen and oxygen atoms in total. The van der Waals surface area contributed by atoms with Gasteiger partial charge in [0.15, 0.2) is 11.2 Å². The SMILES string of the molecule is Cc1nc2c(=O)[nH]c(N)nc2n(C2CC(O)C(CO)O2)c1=O. The van der Waals surface area contributed by atoms with Crippen molar-refractivity contribution >= 4 is 17.1 Å². The van der Waals surface area contributed by atoms with Crippen molar-refractivity contribution < 1.29 is 14.9 Å². The first kappa shape index (κ1) is 14.6. The van der Waals surface area contributed by atoms with Gasteiger partial charge in [-0.2, -0.15) is 4.98 Å². The highest BCUT2D eigenvalue weighted by Crippen LogP contribution is 2.28. The maximum Gasteiger partial charge on any atom is 0.280 e. The number of rotatable bonds is 2. The molecule has 2 aromatic rings. The number of fused-ring (bicyclic) bond motifs is 1. The van der Waals surface area contributed by atoms with E-state index in [1.165, 1.54) is 6.92 Å². The zero-order valence-corrected chi connectivity index (χ0v) is 11.7. The van der Waals surface area contributed by atoms with Crippen LogP contribution in [0.1, 0.15) is 18.3 Å². The molecule has 1 saturated heterocycles. The van der Waals surface area contributed by atoms with Crippen molar-refractivity contribution in [2.24, 2.45) is 0 Å². The molecular weight excluding hydrogens is 294 g/mol. The van der Waals surface area contributed by atoms with Crippen LogP contribution in [0, 0.1) is 6.92 Å². The largest absolute Gasteiger partial charge is 0.394 e. The average Bonchev–Trinajstić information content (AvgIpc) is 2.82. The molecule has 3 atom stereocenters. The van der Waals surface area contributed by atoms with Gasteiger partial charge in [-0.25, -0.2) is 4.98 Å². The molecule has 0 saturated carbocycles. The number of aliphatic hydroxyl groups excluding tert-OH is 2. The average molecular weight is 309 g/mol. The zero-order valence-electron chi connectivity index (χ0n) is 11.7. The standard InChI is InChI=1S/C12H15N5O5/c1-4-11(21)17(7-2-5(19)6(3-18)22-7)9-8(14-4)10(20)16-12(13)15-9/h5-7,18-19H,2-3H2,1H3,(H3,13,15,16,20). The number of anilines is 1. The van der Waals surface area contributed by atoms with Gasteiger partial charge in [0.05, 0.1) is 12.7 Å². The zero-order chi connectivity index (χ0) is 16.0. The lowest BCUT2D eigenvalue weighted by Crippen LogP contribution is -2.31. The lowest BCUT2D eigenvalue weighted by Gasteiger charge is -2.17. The Morgan fingerprint density at radius 3 is 2.82 bits per heavy atom. The van der Waals surface area contributed by atoms with Crippen molar-refractivity contribution in [3.8, 4) is 0 Å². The minimum absolute atomic E-state index is 0.0207. The van der Waals surface area contributed by atoms with E-state index in [-0.39, 0.29) is 35.8 Å². The molecule has 0 aromatic carbocycles. The Kier molecular flexibility index (Phi) is 3.43. The second-order valence-corrected chi connectivity index (χ2v) is 5.11. The van der Waals surface area contributed by atoms with Gasteiger partial charge in [0.25, 0.3) is 11.1 Å². The van der Waals surface area contributed by atoms with Crippen LogP contribution in [-0.4, -0.2) is 48.5 Å². The summed E-state index contributed by atoms with van der Waals surface area (Å²) in [6.45, 7) is 1.08. The highest BCUT2D eigenvalue weighted by atomic mass is 16.5. The molecule has 5 N–H and O–H groups in total. The van der Waals surface area contributed by atoms with Crippen molar-refractivity contribution in [1.82, 2.24) is 19.5 Å². The van der Waals surface area contributed by atoms with Crippen LogP contribution >= 0.6 is 0 Å². The predicted octanol–water partition coefficient (Wildman–Crippen LogP) is -1.99. The van der Waals surface area contributed by atoms with E-state index in [0.717, 1.165) is 4.57 Å². The van der Waals surface area contributed by atoms with Gasteiger partial charge in [-0.15, -0.1) is 0 Å². The molecule has 3 heterocycles. The number of ether oxygens (including phenoxy) is 1. The fourth-order valence-electron chi connectivity index (χ4n) is 2.53. The molecule has 3 rings (SSSR count). The number of hydrogen-bond acceptors (Lipinski definition) is 8. The van der Waals surface area contributed by atoms with Crippen molar-refractivity contribution in [1.29, 1.82) is 0 Å². The number of aromatic amines is 1. The molecule has 0 aliphatic carbocycles. The van der Waals surface area contributed by atoms with E-state index < -0.39 is 29.6 Å². The van der Waals surface area contributed by atoms with E-state index in [2.05, 4.69) is 15.0 Å². The van der Waals surface area contributed by atoms with Crippen LogP contribution in [0.3, 0.4) is 0 Å². The van der Waals surface area contributed by atoms with Crippen molar-refractivity contribution in [3.05, 3.63) is 26.4 Å². The molecule has 1 aliphatic rings. The predicted molar refractivity (Wildman–Crippen MR) is 75.2 cm³/mol. The number of aromatic nitrogens is 4. The molecule has 0 spiro atoms. The molecule has 10 heteroatoms. The normalized spacial score (nSPS) is 25.0. The van der Waals surface area contributed by atoms with Crippen LogP contribution in [0.5, 0.6) is 0 Å². The Bertz CT molecular complexity index is 844. The van der Waals surface area contributed by atoms with Crippen LogP contribution < -0.4 is 16.9 Å². The fourth-order valence-corrected chi connectivity index (χ4v) is 2.53. The number of aliphatic hydroxyl groups is 2. The van der Waals surface area contributed by atoms with Crippen LogP contribution in [0.25, 0.3) is 11.2 Å². The Morgan fingerprint density at radius 2 is 2.18 bits per heavy atom. The monoisotopic (exact) mass is 309 g/mol. The molecule has 3 unspecified atom stereocenters. The number of nitrogen functional groups attached to an aromatic ring is 1. The maximum atomic E-state index is 12.4. The lowest BCUT2D eigenvalue weighted by molar-refractivity contribution is -0.0442. The Hall–Kier alpha value is -2.30. The minimum Gasteiger partial charge on any atom is -0.394 e. The number of aryl methyl sites for hydroxylation is 1. The molecule has 118 valence electrons. The minimum atomic E-state index is -0.926. The first-order valence-corrected chi connectivity index (χ1v) is 6.65. The Morgan fingerprint density at radius 1 is 1.45 bits per heavy atom. The highest BCUT2D eigenvalue weighted by Gasteiger charge is 2.36. The summed E-state index contributed by atoms with van der Waals surface area (Å²) in [6.07, 6.45) is -2.51. The molecule has 22 heavy (non-hydrogen) atoms. The lowest BCUT2D eigenvalue weighted by atomic mass is 10.2. The summed E-state index contributed by atoms with van der Waals surface area (Å²) >= 11 is 0. The summed E-state index contributed by atoms with van der Waals surface area (Å²) in [7, 11) is 0. The maximum absolute atomic E-state index is 12.4. The summed E-state index contributed by atoms with van der Waals surface area (Å²) in [6, 6.07) is 0. The van der Waals surface area contributed by atoms with Crippen molar-refractivity contribution in [2.45, 2.75) is 31.8 Å². The molecule has 1 fully saturated rings. The summed E-state index contributed by atoms with van der Waals surface area (Å²) < 4.78 is 6.62. The van der Waals surface area contributed by atoms with Crippen LogP contribution in [0.15, 0.2) is 9.59 Å². The van der Waals surface area contributed by atoms with Gasteiger partial charge in [-0.3, -0.25) is 19.1 Å². The van der Waals surface area contributed by atoms with E-state index in [1.807, 2.05) is 0 Å². The summed E-state index contributed by atoms with van der Waals surface area (Å²) in [5.74, 6) is -0.159. The van der Waals surface area contributed by atoms with E-state index in [1.54, 1.807) is 0 Å². The number of nitrogens with zero attached hydrogens (tertiary/aromatic N) is 3. The van der Waals surface area contributed by atoms with Crippen LogP contribution in [0.2, 0.25) is 0 Å². The van der Waals surface area contributed by atoms with Gasteiger partial charge in [-0.05, 0) is 6.92 Å².